The van der Waals surface area contributed by atoms with E-state index in [9.17, 15) is 9.18 Å². The number of aromatic nitrogens is 2. The predicted molar refractivity (Wildman–Crippen MR) is 54.0 cm³/mol. The zero-order valence-corrected chi connectivity index (χ0v) is 8.14. The van der Waals surface area contributed by atoms with Crippen LogP contribution in [-0.2, 0) is 7.05 Å². The first-order valence-corrected chi connectivity index (χ1v) is 4.45. The molecule has 0 fully saturated rings. The van der Waals surface area contributed by atoms with Gasteiger partial charge in [-0.2, -0.15) is 0 Å². The van der Waals surface area contributed by atoms with Crippen molar-refractivity contribution in [3.05, 3.63) is 42.0 Å². The van der Waals surface area contributed by atoms with Gasteiger partial charge in [0.1, 0.15) is 17.3 Å². The number of imidazole rings is 1. The highest BCUT2D eigenvalue weighted by Crippen LogP contribution is 2.18. The fourth-order valence-corrected chi connectivity index (χ4v) is 1.40. The van der Waals surface area contributed by atoms with Crippen molar-refractivity contribution < 1.29 is 9.18 Å². The van der Waals surface area contributed by atoms with Crippen molar-refractivity contribution in [3.63, 3.8) is 0 Å². The fraction of sp³-hybridized carbons (Fsp3) is 0.0909. The van der Waals surface area contributed by atoms with E-state index >= 15 is 0 Å². The van der Waals surface area contributed by atoms with Gasteiger partial charge in [-0.15, -0.1) is 0 Å². The normalized spacial score (nSPS) is 10.3. The lowest BCUT2D eigenvalue weighted by atomic mass is 10.2. The topological polar surface area (TPSA) is 34.9 Å². The molecule has 0 unspecified atom stereocenters. The number of carbonyl (C=O) groups excluding carboxylic acids is 1. The maximum atomic E-state index is 12.7. The van der Waals surface area contributed by atoms with Gasteiger partial charge in [0.2, 0.25) is 0 Å². The van der Waals surface area contributed by atoms with E-state index in [1.165, 1.54) is 18.3 Å². The number of benzene rings is 1. The minimum absolute atomic E-state index is 0.288. The highest BCUT2D eigenvalue weighted by molar-refractivity contribution is 5.74. The molecular weight excluding hydrogens is 195 g/mol. The Bertz CT molecular complexity index is 488. The Hall–Kier alpha value is -1.97. The third-order valence-corrected chi connectivity index (χ3v) is 2.25. The molecule has 3 nitrogen and oxygen atoms in total. The number of carbonyl (C=O) groups is 1. The number of hydrogen-bond donors (Lipinski definition) is 0. The minimum atomic E-state index is -0.288. The van der Waals surface area contributed by atoms with E-state index in [2.05, 4.69) is 4.98 Å². The zero-order valence-electron chi connectivity index (χ0n) is 8.14. The average Bonchev–Trinajstić information content (AvgIpc) is 2.61. The van der Waals surface area contributed by atoms with E-state index in [4.69, 9.17) is 0 Å². The van der Waals surface area contributed by atoms with Crippen LogP contribution in [0.2, 0.25) is 0 Å². The number of nitrogens with zero attached hydrogens (tertiary/aromatic N) is 2. The van der Waals surface area contributed by atoms with Gasteiger partial charge >= 0.3 is 0 Å². The number of rotatable bonds is 2. The maximum absolute atomic E-state index is 12.7. The first kappa shape index (κ1) is 9.58. The standard InChI is InChI=1S/C11H9FN2O/c1-14-10(7-15)6-13-11(14)8-2-4-9(12)5-3-8/h2-7H,1H3. The second-order valence-electron chi connectivity index (χ2n) is 3.19. The molecule has 0 aliphatic rings. The lowest BCUT2D eigenvalue weighted by molar-refractivity contribution is 0.111. The van der Waals surface area contributed by atoms with Crippen molar-refractivity contribution in [2.24, 2.45) is 7.05 Å². The molecule has 0 aliphatic carbocycles. The van der Waals surface area contributed by atoms with Crippen LogP contribution >= 0.6 is 0 Å². The summed E-state index contributed by atoms with van der Waals surface area (Å²) in [5.74, 6) is 0.362. The maximum Gasteiger partial charge on any atom is 0.168 e. The first-order chi connectivity index (χ1) is 7.22. The van der Waals surface area contributed by atoms with Gasteiger partial charge in [-0.05, 0) is 24.3 Å². The van der Waals surface area contributed by atoms with Crippen LogP contribution in [0.15, 0.2) is 30.5 Å². The number of halogens is 1. The lowest BCUT2D eigenvalue weighted by Crippen LogP contribution is -1.97. The molecule has 0 aliphatic heterocycles. The summed E-state index contributed by atoms with van der Waals surface area (Å²) in [6.45, 7) is 0. The Kier molecular flexibility index (Phi) is 2.33. The van der Waals surface area contributed by atoms with Gasteiger partial charge in [-0.1, -0.05) is 0 Å². The number of aldehydes is 1. The first-order valence-electron chi connectivity index (χ1n) is 4.45. The van der Waals surface area contributed by atoms with Crippen LogP contribution in [0, 0.1) is 5.82 Å². The van der Waals surface area contributed by atoms with Crippen molar-refractivity contribution in [3.8, 4) is 11.4 Å². The van der Waals surface area contributed by atoms with Crippen molar-refractivity contribution in [1.29, 1.82) is 0 Å². The van der Waals surface area contributed by atoms with Crippen LogP contribution in [0.4, 0.5) is 4.39 Å². The lowest BCUT2D eigenvalue weighted by Gasteiger charge is -2.02. The second-order valence-corrected chi connectivity index (χ2v) is 3.19. The van der Waals surface area contributed by atoms with E-state index < -0.39 is 0 Å². The molecule has 0 atom stereocenters. The monoisotopic (exact) mass is 204 g/mol. The molecule has 15 heavy (non-hydrogen) atoms. The van der Waals surface area contributed by atoms with Crippen LogP contribution < -0.4 is 0 Å². The van der Waals surface area contributed by atoms with Crippen molar-refractivity contribution in [2.75, 3.05) is 0 Å². The average molecular weight is 204 g/mol. The molecule has 0 spiro atoms. The summed E-state index contributed by atoms with van der Waals surface area (Å²) < 4.78 is 14.4. The van der Waals surface area contributed by atoms with Crippen LogP contribution in [0.25, 0.3) is 11.4 Å². The summed E-state index contributed by atoms with van der Waals surface area (Å²) in [6.07, 6.45) is 2.23. The molecule has 4 heteroatoms. The highest BCUT2D eigenvalue weighted by Gasteiger charge is 2.07. The van der Waals surface area contributed by atoms with Crippen molar-refractivity contribution in [1.82, 2.24) is 9.55 Å². The predicted octanol–water partition coefficient (Wildman–Crippen LogP) is 2.04. The van der Waals surface area contributed by atoms with Crippen LogP contribution in [0.3, 0.4) is 0 Å². The Labute approximate surface area is 86.2 Å². The molecule has 0 radical (unpaired) electrons. The zero-order chi connectivity index (χ0) is 10.8. The van der Waals surface area contributed by atoms with E-state index in [1.54, 1.807) is 23.7 Å². The molecule has 0 amide bonds. The Morgan fingerprint density at radius 3 is 2.53 bits per heavy atom. The van der Waals surface area contributed by atoms with Gasteiger partial charge in [-0.3, -0.25) is 4.79 Å². The van der Waals surface area contributed by atoms with E-state index in [1.807, 2.05) is 0 Å². The molecule has 0 N–H and O–H groups in total. The summed E-state index contributed by atoms with van der Waals surface area (Å²) in [6, 6.07) is 5.99. The minimum Gasteiger partial charge on any atom is -0.325 e. The molecule has 1 aromatic carbocycles. The third kappa shape index (κ3) is 1.66. The summed E-state index contributed by atoms with van der Waals surface area (Å²) in [7, 11) is 1.75. The molecule has 1 aromatic heterocycles. The van der Waals surface area contributed by atoms with E-state index in [0.29, 0.717) is 11.5 Å². The van der Waals surface area contributed by atoms with E-state index in [-0.39, 0.29) is 5.82 Å². The summed E-state index contributed by atoms with van der Waals surface area (Å²) in [5, 5.41) is 0. The van der Waals surface area contributed by atoms with E-state index in [0.717, 1.165) is 11.8 Å². The smallest absolute Gasteiger partial charge is 0.168 e. The molecule has 0 bridgehead atoms. The van der Waals surface area contributed by atoms with Crippen molar-refractivity contribution in [2.45, 2.75) is 0 Å². The van der Waals surface area contributed by atoms with Crippen molar-refractivity contribution >= 4 is 6.29 Å². The molecule has 0 saturated heterocycles. The highest BCUT2D eigenvalue weighted by atomic mass is 19.1. The van der Waals surface area contributed by atoms with Gasteiger partial charge in [0.25, 0.3) is 0 Å². The second kappa shape index (κ2) is 3.65. The van der Waals surface area contributed by atoms with Gasteiger partial charge in [0.05, 0.1) is 6.20 Å². The molecule has 76 valence electrons. The molecule has 2 aromatic rings. The summed E-state index contributed by atoms with van der Waals surface area (Å²) >= 11 is 0. The van der Waals surface area contributed by atoms with Crippen LogP contribution in [0.1, 0.15) is 10.5 Å². The molecule has 0 saturated carbocycles. The summed E-state index contributed by atoms with van der Waals surface area (Å²) in [4.78, 5) is 14.7. The molecular formula is C11H9FN2O. The third-order valence-electron chi connectivity index (χ3n) is 2.25. The number of hydrogen-bond acceptors (Lipinski definition) is 2. The Morgan fingerprint density at radius 1 is 1.33 bits per heavy atom. The SMILES string of the molecule is Cn1c(C=O)cnc1-c1ccc(F)cc1. The van der Waals surface area contributed by atoms with Gasteiger partial charge in [0.15, 0.2) is 6.29 Å². The van der Waals surface area contributed by atoms with Gasteiger partial charge in [-0.25, -0.2) is 9.37 Å². The Balaban J connectivity index is 2.49. The molecule has 2 rings (SSSR count). The largest absolute Gasteiger partial charge is 0.325 e. The van der Waals surface area contributed by atoms with Gasteiger partial charge < -0.3 is 4.57 Å². The summed E-state index contributed by atoms with van der Waals surface area (Å²) in [5.41, 5.74) is 1.28. The molecule has 1 heterocycles. The van der Waals surface area contributed by atoms with Crippen LogP contribution in [0.5, 0.6) is 0 Å². The Morgan fingerprint density at radius 2 is 2.00 bits per heavy atom. The van der Waals surface area contributed by atoms with Gasteiger partial charge in [0, 0.05) is 12.6 Å². The quantitative estimate of drug-likeness (QED) is 0.701. The fourth-order valence-electron chi connectivity index (χ4n) is 1.40. The van der Waals surface area contributed by atoms with Crippen LogP contribution in [-0.4, -0.2) is 15.8 Å².